The first-order valence-corrected chi connectivity index (χ1v) is 8.39. The van der Waals surface area contributed by atoms with Gasteiger partial charge in [-0.1, -0.05) is 26.0 Å². The second-order valence-corrected chi connectivity index (χ2v) is 6.73. The summed E-state index contributed by atoms with van der Waals surface area (Å²) in [5, 5.41) is 3.53. The van der Waals surface area contributed by atoms with Crippen LogP contribution in [0.5, 0.6) is 0 Å². The third-order valence-corrected chi connectivity index (χ3v) is 4.49. The average Bonchev–Trinajstić information content (AvgIpc) is 2.43. The van der Waals surface area contributed by atoms with Gasteiger partial charge in [-0.2, -0.15) is 0 Å². The molecule has 0 aromatic heterocycles. The molecule has 0 radical (unpaired) electrons. The molecule has 1 unspecified atom stereocenters. The minimum atomic E-state index is -0.0840. The van der Waals surface area contributed by atoms with Gasteiger partial charge in [0, 0.05) is 24.2 Å². The Labute approximate surface area is 125 Å². The van der Waals surface area contributed by atoms with E-state index in [1.54, 1.807) is 23.9 Å². The van der Waals surface area contributed by atoms with E-state index in [0.717, 1.165) is 48.8 Å². The number of fused-ring (bicyclic) bond motifs is 1. The normalized spacial score (nSPS) is 18.3. The van der Waals surface area contributed by atoms with Crippen LogP contribution in [0.2, 0.25) is 0 Å². The van der Waals surface area contributed by atoms with Crippen LogP contribution in [0.1, 0.15) is 38.3 Å². The lowest BCUT2D eigenvalue weighted by Crippen LogP contribution is -2.26. The van der Waals surface area contributed by atoms with Crippen molar-refractivity contribution < 1.29 is 9.13 Å². The zero-order valence-electron chi connectivity index (χ0n) is 12.3. The molecule has 1 N–H and O–H groups in total. The van der Waals surface area contributed by atoms with E-state index in [9.17, 15) is 4.39 Å². The maximum absolute atomic E-state index is 13.7. The number of hydrogen-bond acceptors (Lipinski definition) is 3. The summed E-state index contributed by atoms with van der Waals surface area (Å²) < 4.78 is 19.3. The molecule has 1 aromatic carbocycles. The molecular formula is C16H24FNOS. The fraction of sp³-hybridized carbons (Fsp3) is 0.625. The summed E-state index contributed by atoms with van der Waals surface area (Å²) in [6.45, 7) is 6.85. The van der Waals surface area contributed by atoms with Crippen LogP contribution in [0.4, 0.5) is 4.39 Å². The largest absolute Gasteiger partial charge is 0.381 e. The predicted octanol–water partition coefficient (Wildman–Crippen LogP) is 4.01. The van der Waals surface area contributed by atoms with Gasteiger partial charge in [-0.05, 0) is 42.7 Å². The summed E-state index contributed by atoms with van der Waals surface area (Å²) in [5.74, 6) is 1.49. The van der Waals surface area contributed by atoms with Crippen molar-refractivity contribution in [2.75, 3.05) is 25.5 Å². The smallest absolute Gasteiger partial charge is 0.137 e. The van der Waals surface area contributed by atoms with Gasteiger partial charge in [-0.3, -0.25) is 0 Å². The Kier molecular flexibility index (Phi) is 6.33. The van der Waals surface area contributed by atoms with Crippen molar-refractivity contribution in [1.29, 1.82) is 0 Å². The Hall–Kier alpha value is -0.580. The van der Waals surface area contributed by atoms with Gasteiger partial charge in [0.05, 0.1) is 0 Å². The molecule has 2 rings (SSSR count). The first kappa shape index (κ1) is 15.8. The monoisotopic (exact) mass is 297 g/mol. The molecule has 20 heavy (non-hydrogen) atoms. The molecule has 2 nitrogen and oxygen atoms in total. The van der Waals surface area contributed by atoms with E-state index in [1.807, 2.05) is 6.07 Å². The molecule has 0 saturated heterocycles. The van der Waals surface area contributed by atoms with Gasteiger partial charge < -0.3 is 10.1 Å². The zero-order valence-corrected chi connectivity index (χ0v) is 13.1. The lowest BCUT2D eigenvalue weighted by molar-refractivity contribution is 0.107. The first-order valence-electron chi connectivity index (χ1n) is 7.41. The number of halogens is 1. The summed E-state index contributed by atoms with van der Waals surface area (Å²) in [6.07, 6.45) is 2.06. The zero-order chi connectivity index (χ0) is 14.4. The van der Waals surface area contributed by atoms with Gasteiger partial charge in [-0.25, -0.2) is 4.39 Å². The molecule has 0 aliphatic carbocycles. The van der Waals surface area contributed by atoms with Crippen LogP contribution in [0.15, 0.2) is 23.1 Å². The Morgan fingerprint density at radius 2 is 2.30 bits per heavy atom. The van der Waals surface area contributed by atoms with Crippen molar-refractivity contribution >= 4 is 11.8 Å². The number of rotatable bonds is 7. The molecule has 1 heterocycles. The molecule has 1 atom stereocenters. The fourth-order valence-electron chi connectivity index (χ4n) is 2.37. The lowest BCUT2D eigenvalue weighted by Gasteiger charge is -2.26. The van der Waals surface area contributed by atoms with Crippen LogP contribution < -0.4 is 5.32 Å². The van der Waals surface area contributed by atoms with E-state index >= 15 is 0 Å². The van der Waals surface area contributed by atoms with Crippen LogP contribution in [0, 0.1) is 11.7 Å². The van der Waals surface area contributed by atoms with Crippen molar-refractivity contribution in [3.05, 3.63) is 29.6 Å². The quantitative estimate of drug-likeness (QED) is 0.768. The van der Waals surface area contributed by atoms with Crippen LogP contribution in [-0.2, 0) is 4.74 Å². The summed E-state index contributed by atoms with van der Waals surface area (Å²) in [5.41, 5.74) is 1.12. The summed E-state index contributed by atoms with van der Waals surface area (Å²) in [6, 6.07) is 5.68. The van der Waals surface area contributed by atoms with Gasteiger partial charge in [0.25, 0.3) is 0 Å². The second kappa shape index (κ2) is 8.01. The molecule has 0 saturated carbocycles. The van der Waals surface area contributed by atoms with Gasteiger partial charge in [0.2, 0.25) is 0 Å². The highest BCUT2D eigenvalue weighted by molar-refractivity contribution is 7.99. The minimum Gasteiger partial charge on any atom is -0.381 e. The van der Waals surface area contributed by atoms with Crippen molar-refractivity contribution in [3.63, 3.8) is 0 Å². The average molecular weight is 297 g/mol. The molecule has 0 amide bonds. The van der Waals surface area contributed by atoms with Crippen molar-refractivity contribution in [2.24, 2.45) is 5.92 Å². The van der Waals surface area contributed by atoms with E-state index in [-0.39, 0.29) is 11.9 Å². The molecule has 1 aliphatic heterocycles. The Morgan fingerprint density at radius 3 is 3.10 bits per heavy atom. The van der Waals surface area contributed by atoms with Crippen molar-refractivity contribution in [2.45, 2.75) is 37.6 Å². The van der Waals surface area contributed by atoms with Crippen LogP contribution in [-0.4, -0.2) is 25.5 Å². The van der Waals surface area contributed by atoms with Crippen molar-refractivity contribution in [1.82, 2.24) is 5.32 Å². The molecule has 1 aromatic rings. The number of thioether (sulfide) groups is 1. The third-order valence-electron chi connectivity index (χ3n) is 3.33. The van der Waals surface area contributed by atoms with Crippen LogP contribution in [0.3, 0.4) is 0 Å². The molecule has 0 fully saturated rings. The van der Waals surface area contributed by atoms with E-state index in [4.69, 9.17) is 4.74 Å². The predicted molar refractivity (Wildman–Crippen MR) is 82.8 cm³/mol. The maximum atomic E-state index is 13.7. The molecule has 0 spiro atoms. The van der Waals surface area contributed by atoms with E-state index in [1.165, 1.54) is 0 Å². The van der Waals surface area contributed by atoms with E-state index in [0.29, 0.717) is 5.92 Å². The number of hydrogen-bond donors (Lipinski definition) is 1. The van der Waals surface area contributed by atoms with Gasteiger partial charge in [0.1, 0.15) is 5.82 Å². The Balaban J connectivity index is 1.76. The molecule has 0 bridgehead atoms. The number of ether oxygens (including phenoxy) is 1. The minimum absolute atomic E-state index is 0.0840. The van der Waals surface area contributed by atoms with E-state index in [2.05, 4.69) is 19.2 Å². The summed E-state index contributed by atoms with van der Waals surface area (Å²) in [4.78, 5) is 0.826. The van der Waals surface area contributed by atoms with Crippen LogP contribution in [0.25, 0.3) is 0 Å². The highest BCUT2D eigenvalue weighted by Gasteiger charge is 2.22. The second-order valence-electron chi connectivity index (χ2n) is 5.62. The summed E-state index contributed by atoms with van der Waals surface area (Å²) >= 11 is 1.63. The SMILES string of the molecule is CC(C)COCCCNC1CCSc2c(F)cccc21. The Morgan fingerprint density at radius 1 is 1.45 bits per heavy atom. The molecule has 112 valence electrons. The van der Waals surface area contributed by atoms with E-state index < -0.39 is 0 Å². The maximum Gasteiger partial charge on any atom is 0.137 e. The van der Waals surface area contributed by atoms with Crippen LogP contribution >= 0.6 is 11.8 Å². The lowest BCUT2D eigenvalue weighted by atomic mass is 10.0. The highest BCUT2D eigenvalue weighted by Crippen LogP contribution is 2.37. The third kappa shape index (κ3) is 4.47. The first-order chi connectivity index (χ1) is 9.68. The highest BCUT2D eigenvalue weighted by atomic mass is 32.2. The number of benzene rings is 1. The Bertz CT molecular complexity index is 425. The standard InChI is InChI=1S/C16H24FNOS/c1-12(2)11-19-9-4-8-18-15-7-10-20-16-13(15)5-3-6-14(16)17/h3,5-6,12,15,18H,4,7-11H2,1-2H3. The summed E-state index contributed by atoms with van der Waals surface area (Å²) in [7, 11) is 0. The number of nitrogens with one attached hydrogen (secondary N) is 1. The molecule has 1 aliphatic rings. The van der Waals surface area contributed by atoms with Gasteiger partial charge in [0.15, 0.2) is 0 Å². The fourth-order valence-corrected chi connectivity index (χ4v) is 3.51. The van der Waals surface area contributed by atoms with Gasteiger partial charge in [-0.15, -0.1) is 11.8 Å². The molecule has 4 heteroatoms. The molecular weight excluding hydrogens is 273 g/mol. The van der Waals surface area contributed by atoms with Crippen molar-refractivity contribution in [3.8, 4) is 0 Å². The van der Waals surface area contributed by atoms with Gasteiger partial charge >= 0.3 is 0 Å². The topological polar surface area (TPSA) is 21.3 Å².